The molecule has 398 valence electrons. The lowest BCUT2D eigenvalue weighted by Gasteiger charge is -2.31. The van der Waals surface area contributed by atoms with Gasteiger partial charge in [0.2, 0.25) is 0 Å². The molecule has 6 rings (SSSR count). The van der Waals surface area contributed by atoms with Crippen LogP contribution in [0.1, 0.15) is 211 Å². The van der Waals surface area contributed by atoms with E-state index in [0.29, 0.717) is 0 Å². The van der Waals surface area contributed by atoms with Crippen LogP contribution in [-0.4, -0.2) is 0 Å². The number of hydrogen-bond donors (Lipinski definition) is 0. The van der Waals surface area contributed by atoms with E-state index >= 15 is 0 Å². The molecule has 0 saturated heterocycles. The molecule has 0 heterocycles. The van der Waals surface area contributed by atoms with Crippen LogP contribution in [-0.2, 0) is 43.3 Å². The Morgan fingerprint density at radius 2 is 0.514 bits per heavy atom. The number of hydrogen-bond acceptors (Lipinski definition) is 4. The smallest absolute Gasteiger partial charge is 0.326 e. The van der Waals surface area contributed by atoms with Crippen LogP contribution >= 0.6 is 16.8 Å². The summed E-state index contributed by atoms with van der Waals surface area (Å²) in [7, 11) is -3.32. The van der Waals surface area contributed by atoms with Crippen molar-refractivity contribution in [3.05, 3.63) is 166 Å². The van der Waals surface area contributed by atoms with Gasteiger partial charge in [0.1, 0.15) is 23.0 Å². The van der Waals surface area contributed by atoms with Gasteiger partial charge in [-0.3, -0.25) is 0 Å². The SMILES string of the molecule is CC(C)(C)c1ccc(OP(Oc2ccc(C(C)(C)C)cc2C(C)(C)C)c2ccc(-c3cccc(P(Oc4ccc(C(C)(C)C)cc4C(C)(C)C)Oc4ccc(C(C)(C)C)cc4C(C)(C)C)c3)cc2)c(C(C)(C)C)c1. The molecule has 74 heavy (non-hydrogen) atoms. The lowest BCUT2D eigenvalue weighted by atomic mass is 9.80. The molecule has 4 nitrogen and oxygen atoms in total. The van der Waals surface area contributed by atoms with Gasteiger partial charge >= 0.3 is 16.8 Å². The Labute approximate surface area is 452 Å². The Morgan fingerprint density at radius 1 is 0.243 bits per heavy atom. The molecule has 6 aromatic rings. The van der Waals surface area contributed by atoms with E-state index in [1.54, 1.807) is 0 Å². The Balaban J connectivity index is 1.47. The van der Waals surface area contributed by atoms with E-state index in [2.05, 4.69) is 287 Å². The Morgan fingerprint density at radius 3 is 0.770 bits per heavy atom. The fourth-order valence-electron chi connectivity index (χ4n) is 8.83. The Bertz CT molecular complexity index is 2750. The summed E-state index contributed by atoms with van der Waals surface area (Å²) < 4.78 is 29.0. The van der Waals surface area contributed by atoms with E-state index < -0.39 is 16.8 Å². The van der Waals surface area contributed by atoms with Crippen molar-refractivity contribution in [3.8, 4) is 34.1 Å². The molecule has 0 saturated carbocycles. The van der Waals surface area contributed by atoms with E-state index in [9.17, 15) is 0 Å². The summed E-state index contributed by atoms with van der Waals surface area (Å²) in [6.45, 7) is 54.3. The maximum atomic E-state index is 7.28. The Kier molecular flexibility index (Phi) is 16.7. The highest BCUT2D eigenvalue weighted by atomic mass is 31.2. The standard InChI is InChI=1S/C68H92O4P2/c1-61(2,3)47-30-36-57(53(41-47)65(13,14)15)69-73(70-58-37-31-48(62(4,5)6)42-54(58)66(16,17)18)51-34-28-45(29-35-51)46-26-25-27-52(40-46)74(71-59-38-32-49(63(7,8)9)43-55(59)67(19,20)21)72-60-39-33-50(64(10,11)12)44-56(60)68(22,23)24/h25-44H,1-24H3. The van der Waals surface area contributed by atoms with Gasteiger partial charge in [0.05, 0.1) is 10.6 Å². The summed E-state index contributed by atoms with van der Waals surface area (Å²) in [5.41, 5.74) is 11.2. The molecular weight excluding hydrogens is 943 g/mol. The fraction of sp³-hybridized carbons (Fsp3) is 0.471. The normalized spacial score (nSPS) is 13.4. The van der Waals surface area contributed by atoms with Gasteiger partial charge in [0.15, 0.2) is 0 Å². The van der Waals surface area contributed by atoms with Crippen LogP contribution < -0.4 is 28.7 Å². The molecule has 0 radical (unpaired) electrons. The quantitative estimate of drug-likeness (QED) is 0.121. The van der Waals surface area contributed by atoms with Gasteiger partial charge < -0.3 is 18.1 Å². The van der Waals surface area contributed by atoms with Crippen molar-refractivity contribution >= 4 is 27.4 Å². The first kappa shape index (κ1) is 58.6. The van der Waals surface area contributed by atoms with Crippen molar-refractivity contribution in [1.29, 1.82) is 0 Å². The molecular formula is C68H92O4P2. The van der Waals surface area contributed by atoms with E-state index in [0.717, 1.165) is 67.0 Å². The maximum absolute atomic E-state index is 7.28. The van der Waals surface area contributed by atoms with E-state index in [1.165, 1.54) is 22.3 Å². The molecule has 0 atom stereocenters. The first-order valence-electron chi connectivity index (χ1n) is 26.8. The fourth-order valence-corrected chi connectivity index (χ4v) is 11.5. The third-order valence-electron chi connectivity index (χ3n) is 13.8. The third-order valence-corrected chi connectivity index (χ3v) is 16.7. The summed E-state index contributed by atoms with van der Waals surface area (Å²) in [5.74, 6) is 3.37. The van der Waals surface area contributed by atoms with Crippen molar-refractivity contribution in [2.75, 3.05) is 0 Å². The molecule has 0 N–H and O–H groups in total. The molecule has 0 aliphatic carbocycles. The van der Waals surface area contributed by atoms with Gasteiger partial charge in [-0.15, -0.1) is 0 Å². The molecule has 0 spiro atoms. The highest BCUT2D eigenvalue weighted by molar-refractivity contribution is 7.57. The second-order valence-electron chi connectivity index (χ2n) is 28.8. The third kappa shape index (κ3) is 14.4. The topological polar surface area (TPSA) is 36.9 Å². The average molecular weight is 1040 g/mol. The van der Waals surface area contributed by atoms with Gasteiger partial charge in [0, 0.05) is 22.3 Å². The van der Waals surface area contributed by atoms with Crippen LogP contribution in [0.25, 0.3) is 11.1 Å². The van der Waals surface area contributed by atoms with Crippen LogP contribution in [0.5, 0.6) is 23.0 Å². The molecule has 0 bridgehead atoms. The summed E-state index contributed by atoms with van der Waals surface area (Å²) in [6, 6.07) is 44.3. The maximum Gasteiger partial charge on any atom is 0.326 e. The number of benzene rings is 6. The minimum absolute atomic E-state index is 0.0110. The summed E-state index contributed by atoms with van der Waals surface area (Å²) in [5, 5.41) is 1.96. The monoisotopic (exact) mass is 1030 g/mol. The van der Waals surface area contributed by atoms with Crippen LogP contribution in [0.3, 0.4) is 0 Å². The predicted octanol–water partition coefficient (Wildman–Crippen LogP) is 19.9. The van der Waals surface area contributed by atoms with Crippen molar-refractivity contribution in [2.45, 2.75) is 209 Å². The molecule has 0 aliphatic rings. The minimum atomic E-state index is -1.67. The summed E-state index contributed by atoms with van der Waals surface area (Å²) >= 11 is 0. The van der Waals surface area contributed by atoms with Crippen LogP contribution in [0.4, 0.5) is 0 Å². The zero-order valence-corrected chi connectivity index (χ0v) is 51.9. The molecule has 0 fully saturated rings. The molecule has 6 heteroatoms. The summed E-state index contributed by atoms with van der Waals surface area (Å²) in [4.78, 5) is 0. The molecule has 0 aromatic heterocycles. The lowest BCUT2D eigenvalue weighted by Crippen LogP contribution is -2.20. The van der Waals surface area contributed by atoms with E-state index in [1.807, 2.05) is 0 Å². The van der Waals surface area contributed by atoms with E-state index in [-0.39, 0.29) is 43.3 Å². The predicted molar refractivity (Wildman–Crippen MR) is 323 cm³/mol. The molecule has 6 aromatic carbocycles. The molecule has 0 amide bonds. The van der Waals surface area contributed by atoms with Crippen LogP contribution in [0, 0.1) is 0 Å². The van der Waals surface area contributed by atoms with Gasteiger partial charge in [-0.25, -0.2) is 0 Å². The first-order valence-corrected chi connectivity index (χ1v) is 29.2. The lowest BCUT2D eigenvalue weighted by molar-refractivity contribution is 0.465. The highest BCUT2D eigenvalue weighted by Crippen LogP contribution is 2.50. The first-order chi connectivity index (χ1) is 33.7. The van der Waals surface area contributed by atoms with Crippen LogP contribution in [0.2, 0.25) is 0 Å². The van der Waals surface area contributed by atoms with Gasteiger partial charge in [-0.05, 0) is 125 Å². The number of rotatable bonds is 11. The van der Waals surface area contributed by atoms with Gasteiger partial charge in [0.25, 0.3) is 0 Å². The largest absolute Gasteiger partial charge is 0.435 e. The average Bonchev–Trinajstić information content (AvgIpc) is 3.26. The zero-order chi connectivity index (χ0) is 55.4. The van der Waals surface area contributed by atoms with Crippen LogP contribution in [0.15, 0.2) is 121 Å². The highest BCUT2D eigenvalue weighted by Gasteiger charge is 2.33. The second-order valence-corrected chi connectivity index (χ2v) is 31.6. The van der Waals surface area contributed by atoms with Gasteiger partial charge in [-0.1, -0.05) is 239 Å². The zero-order valence-electron chi connectivity index (χ0n) is 50.1. The van der Waals surface area contributed by atoms with Crippen molar-refractivity contribution in [1.82, 2.24) is 0 Å². The summed E-state index contributed by atoms with van der Waals surface area (Å²) in [6.07, 6.45) is 0. The van der Waals surface area contributed by atoms with E-state index in [4.69, 9.17) is 18.1 Å². The molecule has 0 unspecified atom stereocenters. The second kappa shape index (κ2) is 21.1. The van der Waals surface area contributed by atoms with Crippen molar-refractivity contribution in [3.63, 3.8) is 0 Å². The van der Waals surface area contributed by atoms with Crippen molar-refractivity contribution < 1.29 is 18.1 Å². The van der Waals surface area contributed by atoms with Crippen molar-refractivity contribution in [2.24, 2.45) is 0 Å². The van der Waals surface area contributed by atoms with Gasteiger partial charge in [-0.2, -0.15) is 0 Å². The Hall–Kier alpha value is -4.62. The molecule has 0 aliphatic heterocycles. The minimum Gasteiger partial charge on any atom is -0.435 e.